The Morgan fingerprint density at radius 2 is 2.26 bits per heavy atom. The molecule has 2 aromatic heterocycles. The summed E-state index contributed by atoms with van der Waals surface area (Å²) >= 11 is 0. The first-order chi connectivity index (χ1) is 9.19. The van der Waals surface area contributed by atoms with E-state index in [0.717, 1.165) is 11.0 Å². The van der Waals surface area contributed by atoms with E-state index in [2.05, 4.69) is 19.9 Å². The molecule has 0 atom stereocenters. The third-order valence-electron chi connectivity index (χ3n) is 2.77. The number of hydrogen-bond acceptors (Lipinski definition) is 4. The van der Waals surface area contributed by atoms with Crippen molar-refractivity contribution < 1.29 is 14.6 Å². The predicted molar refractivity (Wildman–Crippen MR) is 67.2 cm³/mol. The van der Waals surface area contributed by atoms with Crippen LogP contribution in [0.5, 0.6) is 5.75 Å². The Kier molecular flexibility index (Phi) is 2.45. The minimum absolute atomic E-state index is 0.00558. The van der Waals surface area contributed by atoms with Crippen molar-refractivity contribution in [1.82, 2.24) is 19.9 Å². The van der Waals surface area contributed by atoms with Crippen LogP contribution in [0.1, 0.15) is 10.5 Å². The van der Waals surface area contributed by atoms with Crippen molar-refractivity contribution in [2.24, 2.45) is 0 Å². The Hall–Kier alpha value is -2.83. The van der Waals surface area contributed by atoms with Gasteiger partial charge in [0, 0.05) is 6.07 Å². The number of carbonyl (C=O) groups is 1. The van der Waals surface area contributed by atoms with Gasteiger partial charge in [-0.3, -0.25) is 0 Å². The monoisotopic (exact) mass is 258 g/mol. The number of imidazole rings is 2. The number of ether oxygens (including phenoxy) is 1. The highest BCUT2D eigenvalue weighted by Crippen LogP contribution is 2.24. The summed E-state index contributed by atoms with van der Waals surface area (Å²) in [4.78, 5) is 24.9. The van der Waals surface area contributed by atoms with Gasteiger partial charge in [-0.05, 0) is 12.1 Å². The fraction of sp³-hybridized carbons (Fsp3) is 0.0833. The number of nitrogens with zero attached hydrogens (tertiary/aromatic N) is 2. The molecular formula is C12H10N4O3. The van der Waals surface area contributed by atoms with Gasteiger partial charge in [-0.25, -0.2) is 14.8 Å². The van der Waals surface area contributed by atoms with Crippen LogP contribution >= 0.6 is 0 Å². The molecule has 2 heterocycles. The van der Waals surface area contributed by atoms with Crippen molar-refractivity contribution >= 4 is 17.0 Å². The van der Waals surface area contributed by atoms with Gasteiger partial charge in [0.15, 0.2) is 11.5 Å². The SMILES string of the molecule is COc1ccc2nc(-c3nc[nH]c3C(=O)O)[nH]c2c1. The van der Waals surface area contributed by atoms with Crippen molar-refractivity contribution in [2.45, 2.75) is 0 Å². The number of carboxylic acid groups (broad SMARTS) is 1. The maximum atomic E-state index is 11.0. The lowest BCUT2D eigenvalue weighted by Gasteiger charge is -1.96. The fourth-order valence-corrected chi connectivity index (χ4v) is 1.86. The molecule has 1 aromatic carbocycles. The van der Waals surface area contributed by atoms with Crippen molar-refractivity contribution in [3.63, 3.8) is 0 Å². The van der Waals surface area contributed by atoms with E-state index in [4.69, 9.17) is 9.84 Å². The second kappa shape index (κ2) is 4.13. The van der Waals surface area contributed by atoms with Gasteiger partial charge in [0.05, 0.1) is 24.5 Å². The highest BCUT2D eigenvalue weighted by atomic mass is 16.5. The molecule has 0 fully saturated rings. The Bertz CT molecular complexity index is 759. The predicted octanol–water partition coefficient (Wildman–Crippen LogP) is 1.66. The van der Waals surface area contributed by atoms with Crippen LogP contribution in [-0.4, -0.2) is 38.1 Å². The fourth-order valence-electron chi connectivity index (χ4n) is 1.86. The highest BCUT2D eigenvalue weighted by molar-refractivity contribution is 5.92. The van der Waals surface area contributed by atoms with E-state index in [-0.39, 0.29) is 11.4 Å². The maximum absolute atomic E-state index is 11.0. The number of carboxylic acids is 1. The van der Waals surface area contributed by atoms with Gasteiger partial charge in [0.25, 0.3) is 0 Å². The van der Waals surface area contributed by atoms with Crippen LogP contribution in [0.3, 0.4) is 0 Å². The number of rotatable bonds is 3. The number of aromatic amines is 2. The third kappa shape index (κ3) is 1.81. The smallest absolute Gasteiger partial charge is 0.354 e. The Morgan fingerprint density at radius 1 is 1.42 bits per heavy atom. The largest absolute Gasteiger partial charge is 0.497 e. The molecule has 0 radical (unpaired) electrons. The molecule has 3 rings (SSSR count). The molecule has 0 aliphatic carbocycles. The number of benzene rings is 1. The molecule has 96 valence electrons. The Labute approximate surface area is 107 Å². The van der Waals surface area contributed by atoms with Gasteiger partial charge < -0.3 is 19.8 Å². The summed E-state index contributed by atoms with van der Waals surface area (Å²) in [6.45, 7) is 0. The summed E-state index contributed by atoms with van der Waals surface area (Å²) in [5.74, 6) is 0.0237. The Morgan fingerprint density at radius 3 is 3.00 bits per heavy atom. The number of aromatic nitrogens is 4. The lowest BCUT2D eigenvalue weighted by atomic mass is 10.3. The van der Waals surface area contributed by atoms with Crippen LogP contribution in [0.4, 0.5) is 0 Å². The molecule has 0 saturated carbocycles. The van der Waals surface area contributed by atoms with Crippen LogP contribution in [0, 0.1) is 0 Å². The minimum atomic E-state index is -1.08. The van der Waals surface area contributed by atoms with E-state index < -0.39 is 5.97 Å². The topological polar surface area (TPSA) is 104 Å². The number of methoxy groups -OCH3 is 1. The van der Waals surface area contributed by atoms with Crippen molar-refractivity contribution in [2.75, 3.05) is 7.11 Å². The van der Waals surface area contributed by atoms with Gasteiger partial charge >= 0.3 is 5.97 Å². The van der Waals surface area contributed by atoms with E-state index in [1.165, 1.54) is 6.33 Å². The van der Waals surface area contributed by atoms with E-state index >= 15 is 0 Å². The van der Waals surface area contributed by atoms with E-state index in [1.54, 1.807) is 25.3 Å². The molecule has 0 aliphatic heterocycles. The summed E-state index contributed by atoms with van der Waals surface area (Å²) in [6, 6.07) is 5.37. The lowest BCUT2D eigenvalue weighted by Crippen LogP contribution is -1.99. The number of aromatic carboxylic acids is 1. The molecule has 3 aromatic rings. The van der Waals surface area contributed by atoms with Gasteiger partial charge in [0.2, 0.25) is 0 Å². The highest BCUT2D eigenvalue weighted by Gasteiger charge is 2.17. The lowest BCUT2D eigenvalue weighted by molar-refractivity contribution is 0.0692. The van der Waals surface area contributed by atoms with Crippen LogP contribution in [0.15, 0.2) is 24.5 Å². The molecule has 3 N–H and O–H groups in total. The molecule has 7 heteroatoms. The van der Waals surface area contributed by atoms with Crippen LogP contribution in [0.2, 0.25) is 0 Å². The van der Waals surface area contributed by atoms with Crippen molar-refractivity contribution in [3.8, 4) is 17.3 Å². The zero-order valence-electron chi connectivity index (χ0n) is 9.97. The number of fused-ring (bicyclic) bond motifs is 1. The van der Waals surface area contributed by atoms with E-state index in [1.807, 2.05) is 0 Å². The van der Waals surface area contributed by atoms with Crippen molar-refractivity contribution in [1.29, 1.82) is 0 Å². The first-order valence-corrected chi connectivity index (χ1v) is 5.50. The molecule has 0 amide bonds. The molecule has 0 aliphatic rings. The number of H-pyrrole nitrogens is 2. The summed E-state index contributed by atoms with van der Waals surface area (Å²) in [5.41, 5.74) is 1.76. The van der Waals surface area contributed by atoms with Crippen molar-refractivity contribution in [3.05, 3.63) is 30.2 Å². The third-order valence-corrected chi connectivity index (χ3v) is 2.77. The summed E-state index contributed by atoms with van der Waals surface area (Å²) in [6.07, 6.45) is 1.33. The maximum Gasteiger partial charge on any atom is 0.354 e. The molecular weight excluding hydrogens is 248 g/mol. The second-order valence-electron chi connectivity index (χ2n) is 3.90. The zero-order valence-corrected chi connectivity index (χ0v) is 9.97. The average molecular weight is 258 g/mol. The summed E-state index contributed by atoms with van der Waals surface area (Å²) < 4.78 is 5.12. The van der Waals surface area contributed by atoms with E-state index in [0.29, 0.717) is 11.6 Å². The summed E-state index contributed by atoms with van der Waals surface area (Å²) in [5, 5.41) is 9.04. The average Bonchev–Trinajstić information content (AvgIpc) is 3.03. The molecule has 7 nitrogen and oxygen atoms in total. The molecule has 19 heavy (non-hydrogen) atoms. The Balaban J connectivity index is 2.15. The van der Waals surface area contributed by atoms with Crippen LogP contribution in [-0.2, 0) is 0 Å². The first-order valence-electron chi connectivity index (χ1n) is 5.50. The van der Waals surface area contributed by atoms with Gasteiger partial charge in [-0.1, -0.05) is 0 Å². The molecule has 0 unspecified atom stereocenters. The van der Waals surface area contributed by atoms with Crippen LogP contribution < -0.4 is 4.74 Å². The molecule has 0 bridgehead atoms. The van der Waals surface area contributed by atoms with Gasteiger partial charge in [-0.15, -0.1) is 0 Å². The van der Waals surface area contributed by atoms with Gasteiger partial charge in [0.1, 0.15) is 11.4 Å². The van der Waals surface area contributed by atoms with E-state index in [9.17, 15) is 4.79 Å². The summed E-state index contributed by atoms with van der Waals surface area (Å²) in [7, 11) is 1.58. The number of nitrogens with one attached hydrogen (secondary N) is 2. The normalized spacial score (nSPS) is 10.8. The first kappa shape index (κ1) is 11.3. The minimum Gasteiger partial charge on any atom is -0.497 e. The molecule has 0 spiro atoms. The second-order valence-corrected chi connectivity index (χ2v) is 3.90. The quantitative estimate of drug-likeness (QED) is 0.662. The van der Waals surface area contributed by atoms with Gasteiger partial charge in [-0.2, -0.15) is 0 Å². The zero-order chi connectivity index (χ0) is 13.4. The molecule has 0 saturated heterocycles. The van der Waals surface area contributed by atoms with Crippen LogP contribution in [0.25, 0.3) is 22.6 Å². The number of hydrogen-bond donors (Lipinski definition) is 3. The standard InChI is InChI=1S/C12H10N4O3/c1-19-6-2-3-7-8(4-6)16-11(15-7)9-10(12(17)18)14-5-13-9/h2-5H,1H3,(H,13,14)(H,15,16)(H,17,18).